The number of aryl methyl sites for hydroxylation is 1. The standard InChI is InChI=1S/C16H26FIN2/c1-11(2)14-8-12(3)9-15(17)16(14)19-7-6-13(10-18)20(4)5/h8-9,11,13,19H,6-7,10H2,1-5H3. The van der Waals surface area contributed by atoms with Crippen LogP contribution in [-0.2, 0) is 0 Å². The number of halogens is 2. The molecule has 0 radical (unpaired) electrons. The Morgan fingerprint density at radius 1 is 1.30 bits per heavy atom. The van der Waals surface area contributed by atoms with E-state index in [1.807, 2.05) is 6.92 Å². The van der Waals surface area contributed by atoms with Crippen LogP contribution in [0.2, 0.25) is 0 Å². The van der Waals surface area contributed by atoms with E-state index in [4.69, 9.17) is 0 Å². The molecular formula is C16H26FIN2. The molecule has 1 aromatic carbocycles. The van der Waals surface area contributed by atoms with E-state index in [0.717, 1.165) is 28.5 Å². The van der Waals surface area contributed by atoms with Gasteiger partial charge in [0.25, 0.3) is 0 Å². The number of hydrogen-bond acceptors (Lipinski definition) is 2. The Kier molecular flexibility index (Phi) is 7.23. The third kappa shape index (κ3) is 4.88. The predicted octanol–water partition coefficient (Wildman–Crippen LogP) is 4.42. The summed E-state index contributed by atoms with van der Waals surface area (Å²) in [7, 11) is 4.19. The number of nitrogens with zero attached hydrogens (tertiary/aromatic N) is 1. The molecule has 1 aromatic rings. The molecule has 4 heteroatoms. The van der Waals surface area contributed by atoms with Crippen molar-refractivity contribution in [1.29, 1.82) is 0 Å². The monoisotopic (exact) mass is 392 g/mol. The average molecular weight is 392 g/mol. The molecule has 0 bridgehead atoms. The van der Waals surface area contributed by atoms with E-state index in [-0.39, 0.29) is 5.82 Å². The van der Waals surface area contributed by atoms with Gasteiger partial charge in [0, 0.05) is 17.0 Å². The van der Waals surface area contributed by atoms with Gasteiger partial charge in [-0.05, 0) is 50.6 Å². The van der Waals surface area contributed by atoms with Gasteiger partial charge in [-0.15, -0.1) is 0 Å². The smallest absolute Gasteiger partial charge is 0.146 e. The molecular weight excluding hydrogens is 366 g/mol. The van der Waals surface area contributed by atoms with E-state index >= 15 is 0 Å². The zero-order valence-electron chi connectivity index (χ0n) is 13.1. The first kappa shape index (κ1) is 17.7. The number of nitrogens with one attached hydrogen (secondary N) is 1. The number of rotatable bonds is 7. The van der Waals surface area contributed by atoms with Crippen LogP contribution in [0.1, 0.15) is 37.3 Å². The highest BCUT2D eigenvalue weighted by molar-refractivity contribution is 14.1. The maximum atomic E-state index is 14.2. The van der Waals surface area contributed by atoms with Gasteiger partial charge in [-0.1, -0.05) is 42.5 Å². The van der Waals surface area contributed by atoms with Gasteiger partial charge >= 0.3 is 0 Å². The van der Waals surface area contributed by atoms with Gasteiger partial charge in [0.1, 0.15) is 5.82 Å². The second kappa shape index (κ2) is 8.17. The highest BCUT2D eigenvalue weighted by Gasteiger charge is 2.14. The zero-order valence-corrected chi connectivity index (χ0v) is 15.3. The van der Waals surface area contributed by atoms with E-state index in [2.05, 4.69) is 66.8 Å². The van der Waals surface area contributed by atoms with Crippen molar-refractivity contribution in [2.75, 3.05) is 30.4 Å². The summed E-state index contributed by atoms with van der Waals surface area (Å²) in [5.41, 5.74) is 2.73. The lowest BCUT2D eigenvalue weighted by Crippen LogP contribution is -2.31. The molecule has 0 spiro atoms. The first-order chi connectivity index (χ1) is 9.36. The van der Waals surface area contributed by atoms with Crippen LogP contribution in [0, 0.1) is 12.7 Å². The predicted molar refractivity (Wildman–Crippen MR) is 94.7 cm³/mol. The summed E-state index contributed by atoms with van der Waals surface area (Å²) in [6.07, 6.45) is 1.01. The summed E-state index contributed by atoms with van der Waals surface area (Å²) in [6.45, 7) is 6.95. The van der Waals surface area contributed by atoms with Gasteiger partial charge in [-0.2, -0.15) is 0 Å². The Labute approximate surface area is 136 Å². The molecule has 0 amide bonds. The molecule has 0 aromatic heterocycles. The fourth-order valence-corrected chi connectivity index (χ4v) is 3.48. The molecule has 20 heavy (non-hydrogen) atoms. The third-order valence-corrected chi connectivity index (χ3v) is 4.59. The Morgan fingerprint density at radius 3 is 2.45 bits per heavy atom. The zero-order chi connectivity index (χ0) is 15.3. The summed E-state index contributed by atoms with van der Waals surface area (Å²) in [5, 5.41) is 3.30. The van der Waals surface area contributed by atoms with Crippen LogP contribution in [-0.4, -0.2) is 36.0 Å². The Balaban J connectivity index is 2.77. The van der Waals surface area contributed by atoms with Gasteiger partial charge in [0.15, 0.2) is 0 Å². The van der Waals surface area contributed by atoms with Crippen LogP contribution >= 0.6 is 22.6 Å². The van der Waals surface area contributed by atoms with E-state index in [1.165, 1.54) is 0 Å². The van der Waals surface area contributed by atoms with Gasteiger partial charge in [-0.25, -0.2) is 4.39 Å². The molecule has 0 aliphatic heterocycles. The Hall–Kier alpha value is -0.360. The number of alkyl halides is 1. The Morgan fingerprint density at radius 2 is 1.95 bits per heavy atom. The molecule has 0 fully saturated rings. The van der Waals surface area contributed by atoms with Crippen molar-refractivity contribution in [3.63, 3.8) is 0 Å². The highest BCUT2D eigenvalue weighted by Crippen LogP contribution is 2.28. The minimum Gasteiger partial charge on any atom is -0.382 e. The molecule has 0 aliphatic carbocycles. The van der Waals surface area contributed by atoms with Crippen molar-refractivity contribution in [2.45, 2.75) is 39.2 Å². The summed E-state index contributed by atoms with van der Waals surface area (Å²) in [6, 6.07) is 4.22. The van der Waals surface area contributed by atoms with E-state index in [9.17, 15) is 4.39 Å². The van der Waals surface area contributed by atoms with Crippen LogP contribution in [0.5, 0.6) is 0 Å². The van der Waals surface area contributed by atoms with E-state index < -0.39 is 0 Å². The molecule has 1 atom stereocenters. The maximum Gasteiger partial charge on any atom is 0.146 e. The minimum absolute atomic E-state index is 0.135. The van der Waals surface area contributed by atoms with Crippen LogP contribution < -0.4 is 5.32 Å². The van der Waals surface area contributed by atoms with Crippen molar-refractivity contribution >= 4 is 28.3 Å². The van der Waals surface area contributed by atoms with Gasteiger partial charge in [0.2, 0.25) is 0 Å². The van der Waals surface area contributed by atoms with Crippen molar-refractivity contribution in [1.82, 2.24) is 4.90 Å². The number of anilines is 1. The Bertz CT molecular complexity index is 433. The van der Waals surface area contributed by atoms with Crippen LogP contribution in [0.4, 0.5) is 10.1 Å². The van der Waals surface area contributed by atoms with Gasteiger partial charge in [0.05, 0.1) is 5.69 Å². The highest BCUT2D eigenvalue weighted by atomic mass is 127. The summed E-state index contributed by atoms with van der Waals surface area (Å²) in [5.74, 6) is 0.186. The lowest BCUT2D eigenvalue weighted by molar-refractivity contribution is 0.312. The summed E-state index contributed by atoms with van der Waals surface area (Å²) in [4.78, 5) is 2.23. The molecule has 1 rings (SSSR count). The van der Waals surface area contributed by atoms with Crippen molar-refractivity contribution < 1.29 is 4.39 Å². The molecule has 1 unspecified atom stereocenters. The first-order valence-electron chi connectivity index (χ1n) is 7.13. The van der Waals surface area contributed by atoms with Crippen LogP contribution in [0.15, 0.2) is 12.1 Å². The summed E-state index contributed by atoms with van der Waals surface area (Å²) < 4.78 is 15.2. The lowest BCUT2D eigenvalue weighted by atomic mass is 9.98. The quantitative estimate of drug-likeness (QED) is 0.546. The minimum atomic E-state index is -0.135. The van der Waals surface area contributed by atoms with Crippen molar-refractivity contribution in [2.24, 2.45) is 0 Å². The molecule has 2 nitrogen and oxygen atoms in total. The fraction of sp³-hybridized carbons (Fsp3) is 0.625. The molecule has 1 N–H and O–H groups in total. The van der Waals surface area contributed by atoms with Gasteiger partial charge in [-0.3, -0.25) is 0 Å². The largest absolute Gasteiger partial charge is 0.382 e. The topological polar surface area (TPSA) is 15.3 Å². The second-order valence-corrected chi connectivity index (χ2v) is 6.73. The number of hydrogen-bond donors (Lipinski definition) is 1. The number of benzene rings is 1. The SMILES string of the molecule is Cc1cc(F)c(NCCC(CI)N(C)C)c(C(C)C)c1. The lowest BCUT2D eigenvalue weighted by Gasteiger charge is -2.23. The van der Waals surface area contributed by atoms with E-state index in [1.54, 1.807) is 6.07 Å². The first-order valence-corrected chi connectivity index (χ1v) is 8.65. The molecule has 114 valence electrons. The maximum absolute atomic E-state index is 14.2. The normalized spacial score (nSPS) is 13.1. The van der Waals surface area contributed by atoms with Crippen molar-refractivity contribution in [3.8, 4) is 0 Å². The van der Waals surface area contributed by atoms with Gasteiger partial charge < -0.3 is 10.2 Å². The molecule has 0 aliphatic rings. The fourth-order valence-electron chi connectivity index (χ4n) is 2.25. The van der Waals surface area contributed by atoms with Crippen LogP contribution in [0.25, 0.3) is 0 Å². The molecule has 0 heterocycles. The third-order valence-electron chi connectivity index (χ3n) is 3.57. The van der Waals surface area contributed by atoms with Crippen LogP contribution in [0.3, 0.4) is 0 Å². The molecule has 0 saturated carbocycles. The van der Waals surface area contributed by atoms with E-state index in [0.29, 0.717) is 17.6 Å². The van der Waals surface area contributed by atoms with Crippen molar-refractivity contribution in [3.05, 3.63) is 29.1 Å². The molecule has 0 saturated heterocycles. The summed E-state index contributed by atoms with van der Waals surface area (Å²) >= 11 is 2.40. The average Bonchev–Trinajstić information content (AvgIpc) is 2.35. The second-order valence-electron chi connectivity index (χ2n) is 5.85.